The molecule has 1 aliphatic rings. The lowest BCUT2D eigenvalue weighted by atomic mass is 10.0. The Hall–Kier alpha value is -4.13. The van der Waals surface area contributed by atoms with Crippen LogP contribution in [0.5, 0.6) is 5.75 Å². The fourth-order valence-corrected chi connectivity index (χ4v) is 3.83. The zero-order chi connectivity index (χ0) is 24.1. The van der Waals surface area contributed by atoms with Crippen molar-refractivity contribution in [1.29, 1.82) is 5.26 Å². The third kappa shape index (κ3) is 5.09. The molecule has 0 N–H and O–H groups in total. The van der Waals surface area contributed by atoms with Gasteiger partial charge in [-0.2, -0.15) is 18.4 Å². The molecule has 1 amide bonds. The van der Waals surface area contributed by atoms with Crippen molar-refractivity contribution in [1.82, 2.24) is 14.9 Å². The van der Waals surface area contributed by atoms with Crippen molar-refractivity contribution in [3.05, 3.63) is 83.9 Å². The second-order valence-corrected chi connectivity index (χ2v) is 7.65. The van der Waals surface area contributed by atoms with Gasteiger partial charge in [-0.3, -0.25) is 9.78 Å². The lowest BCUT2D eigenvalue weighted by Gasteiger charge is -2.42. The van der Waals surface area contributed by atoms with E-state index >= 15 is 0 Å². The van der Waals surface area contributed by atoms with E-state index in [1.807, 2.05) is 18.2 Å². The SMILES string of the molecule is N#Cc1ccc(N2CCN(C(=O)c3cnccn3)C(COc3ccccc3)C2)cc1C(F)(F)F. The third-order valence-electron chi connectivity index (χ3n) is 5.51. The smallest absolute Gasteiger partial charge is 0.417 e. The normalized spacial score (nSPS) is 16.1. The van der Waals surface area contributed by atoms with Gasteiger partial charge in [-0.15, -0.1) is 0 Å². The second kappa shape index (κ2) is 9.79. The minimum atomic E-state index is -4.65. The fraction of sp³-hybridized carbons (Fsp3) is 0.250. The molecule has 1 unspecified atom stereocenters. The molecule has 0 spiro atoms. The largest absolute Gasteiger partial charge is 0.491 e. The summed E-state index contributed by atoms with van der Waals surface area (Å²) in [6.07, 6.45) is -0.386. The number of rotatable bonds is 5. The van der Waals surface area contributed by atoms with E-state index in [1.54, 1.807) is 28.0 Å². The van der Waals surface area contributed by atoms with Crippen molar-refractivity contribution < 1.29 is 22.7 Å². The Morgan fingerprint density at radius 1 is 1.15 bits per heavy atom. The number of benzene rings is 2. The van der Waals surface area contributed by atoms with Crippen molar-refractivity contribution >= 4 is 11.6 Å². The average molecular weight is 467 g/mol. The number of carbonyl (C=O) groups excluding carboxylic acids is 1. The topological polar surface area (TPSA) is 82.4 Å². The Kier molecular flexibility index (Phi) is 6.63. The maximum Gasteiger partial charge on any atom is 0.417 e. The van der Waals surface area contributed by atoms with E-state index in [-0.39, 0.29) is 31.3 Å². The highest BCUT2D eigenvalue weighted by Gasteiger charge is 2.36. The molecule has 0 radical (unpaired) electrons. The minimum Gasteiger partial charge on any atom is -0.491 e. The number of carbonyl (C=O) groups is 1. The lowest BCUT2D eigenvalue weighted by Crippen LogP contribution is -2.57. The van der Waals surface area contributed by atoms with Gasteiger partial charge >= 0.3 is 6.18 Å². The van der Waals surface area contributed by atoms with Gasteiger partial charge in [0.05, 0.1) is 29.4 Å². The highest BCUT2D eigenvalue weighted by molar-refractivity contribution is 5.92. The van der Waals surface area contributed by atoms with Gasteiger partial charge in [0.15, 0.2) is 0 Å². The van der Waals surface area contributed by atoms with Crippen LogP contribution in [0.4, 0.5) is 18.9 Å². The van der Waals surface area contributed by atoms with Crippen molar-refractivity contribution in [3.8, 4) is 11.8 Å². The van der Waals surface area contributed by atoms with E-state index < -0.39 is 23.3 Å². The predicted molar refractivity (Wildman–Crippen MR) is 117 cm³/mol. The predicted octanol–water partition coefficient (Wildman–Crippen LogP) is 3.78. The molecule has 4 rings (SSSR count). The van der Waals surface area contributed by atoms with Gasteiger partial charge in [0.1, 0.15) is 18.1 Å². The maximum atomic E-state index is 13.5. The monoisotopic (exact) mass is 467 g/mol. The number of anilines is 1. The van der Waals surface area contributed by atoms with E-state index in [2.05, 4.69) is 9.97 Å². The maximum absolute atomic E-state index is 13.5. The molecule has 2 heterocycles. The number of hydrogen-bond donors (Lipinski definition) is 0. The minimum absolute atomic E-state index is 0.134. The van der Waals surface area contributed by atoms with Crippen LogP contribution < -0.4 is 9.64 Å². The number of nitrogens with zero attached hydrogens (tertiary/aromatic N) is 5. The quantitative estimate of drug-likeness (QED) is 0.568. The van der Waals surface area contributed by atoms with E-state index in [0.29, 0.717) is 18.0 Å². The molecule has 1 atom stereocenters. The Morgan fingerprint density at radius 3 is 2.62 bits per heavy atom. The number of aromatic nitrogens is 2. The number of ether oxygens (including phenoxy) is 1. The summed E-state index contributed by atoms with van der Waals surface area (Å²) < 4.78 is 46.3. The molecular formula is C24H20F3N5O2. The van der Waals surface area contributed by atoms with Crippen molar-refractivity contribution in [2.45, 2.75) is 12.2 Å². The lowest BCUT2D eigenvalue weighted by molar-refractivity contribution is -0.137. The molecule has 1 aliphatic heterocycles. The molecule has 34 heavy (non-hydrogen) atoms. The highest BCUT2D eigenvalue weighted by atomic mass is 19.4. The number of nitriles is 1. The van der Waals surface area contributed by atoms with E-state index in [1.165, 1.54) is 30.7 Å². The van der Waals surface area contributed by atoms with Gasteiger partial charge in [0.25, 0.3) is 5.91 Å². The van der Waals surface area contributed by atoms with Gasteiger partial charge in [-0.25, -0.2) is 4.98 Å². The summed E-state index contributed by atoms with van der Waals surface area (Å²) in [7, 11) is 0. The molecule has 1 aromatic heterocycles. The fourth-order valence-electron chi connectivity index (χ4n) is 3.83. The average Bonchev–Trinajstić information content (AvgIpc) is 2.87. The summed E-state index contributed by atoms with van der Waals surface area (Å²) >= 11 is 0. The van der Waals surface area contributed by atoms with Crippen LogP contribution in [0.15, 0.2) is 67.1 Å². The van der Waals surface area contributed by atoms with Crippen LogP contribution in [0.3, 0.4) is 0 Å². The van der Waals surface area contributed by atoms with Crippen LogP contribution in [0, 0.1) is 11.3 Å². The van der Waals surface area contributed by atoms with Gasteiger partial charge in [0, 0.05) is 37.7 Å². The number of alkyl halides is 3. The first-order chi connectivity index (χ1) is 16.4. The van der Waals surface area contributed by atoms with Crippen LogP contribution >= 0.6 is 0 Å². The first-order valence-corrected chi connectivity index (χ1v) is 10.5. The Bertz CT molecular complexity index is 1180. The van der Waals surface area contributed by atoms with Crippen LogP contribution in [0.2, 0.25) is 0 Å². The molecule has 0 saturated carbocycles. The summed E-state index contributed by atoms with van der Waals surface area (Å²) in [5.74, 6) is 0.287. The Balaban J connectivity index is 1.59. The molecule has 2 aromatic carbocycles. The van der Waals surface area contributed by atoms with Crippen LogP contribution in [-0.2, 0) is 6.18 Å². The van der Waals surface area contributed by atoms with Gasteiger partial charge < -0.3 is 14.5 Å². The molecule has 7 nitrogen and oxygen atoms in total. The number of amides is 1. The summed E-state index contributed by atoms with van der Waals surface area (Å²) in [5.41, 5.74) is -0.916. The number of hydrogen-bond acceptors (Lipinski definition) is 6. The number of para-hydroxylation sites is 1. The first-order valence-electron chi connectivity index (χ1n) is 10.5. The van der Waals surface area contributed by atoms with Crippen LogP contribution in [0.25, 0.3) is 0 Å². The van der Waals surface area contributed by atoms with Gasteiger partial charge in [-0.1, -0.05) is 18.2 Å². The van der Waals surface area contributed by atoms with E-state index in [9.17, 15) is 18.0 Å². The number of halogens is 3. The summed E-state index contributed by atoms with van der Waals surface area (Å²) in [5, 5.41) is 9.07. The van der Waals surface area contributed by atoms with Gasteiger partial charge in [0.2, 0.25) is 0 Å². The van der Waals surface area contributed by atoms with E-state index in [0.717, 1.165) is 6.07 Å². The molecular weight excluding hydrogens is 447 g/mol. The number of piperazine rings is 1. The summed E-state index contributed by atoms with van der Waals surface area (Å²) in [6.45, 7) is 0.924. The van der Waals surface area contributed by atoms with E-state index in [4.69, 9.17) is 10.00 Å². The van der Waals surface area contributed by atoms with Gasteiger partial charge in [-0.05, 0) is 30.3 Å². The molecule has 10 heteroatoms. The highest BCUT2D eigenvalue weighted by Crippen LogP contribution is 2.35. The molecule has 3 aromatic rings. The molecule has 0 bridgehead atoms. The zero-order valence-corrected chi connectivity index (χ0v) is 17.9. The molecule has 1 saturated heterocycles. The molecule has 1 fully saturated rings. The Labute approximate surface area is 194 Å². The van der Waals surface area contributed by atoms with Crippen molar-refractivity contribution in [2.24, 2.45) is 0 Å². The molecule has 174 valence electrons. The second-order valence-electron chi connectivity index (χ2n) is 7.65. The summed E-state index contributed by atoms with van der Waals surface area (Å²) in [6, 6.07) is 13.8. The Morgan fingerprint density at radius 2 is 1.94 bits per heavy atom. The van der Waals surface area contributed by atoms with Crippen molar-refractivity contribution in [2.75, 3.05) is 31.1 Å². The summed E-state index contributed by atoms with van der Waals surface area (Å²) in [4.78, 5) is 24.5. The molecule has 0 aliphatic carbocycles. The third-order valence-corrected chi connectivity index (χ3v) is 5.51. The first kappa shape index (κ1) is 23.0. The standard InChI is InChI=1S/C24H20F3N5O2/c25-24(26,27)21-12-18(7-6-17(21)13-28)31-10-11-32(23(33)22-14-29-8-9-30-22)19(15-31)16-34-20-4-2-1-3-5-20/h1-9,12,14,19H,10-11,15-16H2. The zero-order valence-electron chi connectivity index (χ0n) is 17.9. The van der Waals surface area contributed by atoms with Crippen LogP contribution in [-0.4, -0.2) is 53.1 Å². The van der Waals surface area contributed by atoms with Crippen LogP contribution in [0.1, 0.15) is 21.6 Å². The van der Waals surface area contributed by atoms with Crippen molar-refractivity contribution in [3.63, 3.8) is 0 Å².